The Morgan fingerprint density at radius 3 is 1.85 bits per heavy atom. The molecule has 0 aliphatic carbocycles. The summed E-state index contributed by atoms with van der Waals surface area (Å²) < 4.78 is 4.45. The maximum absolute atomic E-state index is 12.0. The van der Waals surface area contributed by atoms with Crippen LogP contribution >= 0.6 is 0 Å². The number of hydrogen-bond donors (Lipinski definition) is 7. The van der Waals surface area contributed by atoms with Crippen LogP contribution in [0.4, 0.5) is 0 Å². The van der Waals surface area contributed by atoms with Gasteiger partial charge in [0.05, 0.1) is 41.3 Å². The molecule has 0 bridgehead atoms. The SMILES string of the molecule is COC(=O)C(CO)NC(=O)c1ccc2[nH]c(=O)[nH]c2c1.O=C(O)c1ccc2[nH]c(=O)[nH]c2c1. The summed E-state index contributed by atoms with van der Waals surface area (Å²) in [5, 5.41) is 20.0. The number of carboxylic acid groups (broad SMARTS) is 1. The van der Waals surface area contributed by atoms with E-state index in [1.54, 1.807) is 12.1 Å². The van der Waals surface area contributed by atoms with Crippen LogP contribution in [0, 0.1) is 0 Å². The van der Waals surface area contributed by atoms with E-state index in [1.807, 2.05) is 0 Å². The number of benzene rings is 2. The first kappa shape index (κ1) is 23.0. The zero-order chi connectivity index (χ0) is 24.1. The van der Waals surface area contributed by atoms with Gasteiger partial charge in [0.25, 0.3) is 5.91 Å². The molecule has 0 aliphatic rings. The summed E-state index contributed by atoms with van der Waals surface area (Å²) in [4.78, 5) is 65.8. The predicted octanol–water partition coefficient (Wildman–Crippen LogP) is -0.326. The molecular formula is C20H19N5O8. The number of aliphatic hydroxyl groups is 1. The number of carbonyl (C=O) groups is 3. The summed E-state index contributed by atoms with van der Waals surface area (Å²) in [7, 11) is 1.16. The van der Waals surface area contributed by atoms with Gasteiger partial charge < -0.3 is 40.2 Å². The molecule has 4 rings (SSSR count). The number of nitrogens with one attached hydrogen (secondary N) is 5. The largest absolute Gasteiger partial charge is 0.478 e. The smallest absolute Gasteiger partial charge is 0.335 e. The molecule has 0 saturated carbocycles. The van der Waals surface area contributed by atoms with E-state index in [-0.39, 0.29) is 22.5 Å². The summed E-state index contributed by atoms with van der Waals surface area (Å²) in [6.45, 7) is -0.568. The van der Waals surface area contributed by atoms with Gasteiger partial charge in [-0.05, 0) is 36.4 Å². The fourth-order valence-corrected chi connectivity index (χ4v) is 2.90. The summed E-state index contributed by atoms with van der Waals surface area (Å²) in [6, 6.07) is 7.80. The van der Waals surface area contributed by atoms with Crippen LogP contribution in [0.2, 0.25) is 0 Å². The third-order valence-electron chi connectivity index (χ3n) is 4.51. The number of aromatic nitrogens is 4. The highest BCUT2D eigenvalue weighted by Crippen LogP contribution is 2.11. The van der Waals surface area contributed by atoms with E-state index in [1.165, 1.54) is 24.3 Å². The van der Waals surface area contributed by atoms with Crippen molar-refractivity contribution in [2.75, 3.05) is 13.7 Å². The Labute approximate surface area is 183 Å². The quantitative estimate of drug-likeness (QED) is 0.197. The number of carbonyl (C=O) groups excluding carboxylic acids is 2. The number of carboxylic acids is 1. The number of amides is 1. The molecule has 2 heterocycles. The van der Waals surface area contributed by atoms with Crippen molar-refractivity contribution in [1.29, 1.82) is 0 Å². The van der Waals surface area contributed by atoms with E-state index in [0.29, 0.717) is 22.1 Å². The number of rotatable bonds is 5. The van der Waals surface area contributed by atoms with Gasteiger partial charge in [-0.25, -0.2) is 19.2 Å². The van der Waals surface area contributed by atoms with Crippen molar-refractivity contribution in [3.8, 4) is 0 Å². The van der Waals surface area contributed by atoms with Crippen molar-refractivity contribution in [1.82, 2.24) is 25.3 Å². The lowest BCUT2D eigenvalue weighted by molar-refractivity contribution is -0.143. The van der Waals surface area contributed by atoms with Crippen LogP contribution < -0.4 is 16.7 Å². The number of hydrogen-bond acceptors (Lipinski definition) is 7. The standard InChI is InChI=1S/C12H13N3O5.C8H6N2O3/c1-20-11(18)9(5-16)13-10(17)6-2-3-7-8(4-6)15-12(19)14-7;11-7(12)4-1-2-5-6(3-4)10-8(13)9-5/h2-4,9,16H,5H2,1H3,(H,13,17)(H2,14,15,19);1-3H,(H,11,12)(H2,9,10,13). The number of H-pyrrole nitrogens is 4. The molecule has 172 valence electrons. The highest BCUT2D eigenvalue weighted by atomic mass is 16.5. The third kappa shape index (κ3) is 5.34. The van der Waals surface area contributed by atoms with Crippen molar-refractivity contribution >= 4 is 39.9 Å². The van der Waals surface area contributed by atoms with Gasteiger partial charge in [-0.3, -0.25) is 4.79 Å². The number of aliphatic hydroxyl groups excluding tert-OH is 1. The van der Waals surface area contributed by atoms with Crippen molar-refractivity contribution in [2.24, 2.45) is 0 Å². The molecule has 33 heavy (non-hydrogen) atoms. The summed E-state index contributed by atoms with van der Waals surface area (Å²) in [5.74, 6) is -2.31. The van der Waals surface area contributed by atoms with Gasteiger partial charge in [0, 0.05) is 5.56 Å². The van der Waals surface area contributed by atoms with E-state index in [2.05, 4.69) is 30.0 Å². The van der Waals surface area contributed by atoms with Crippen molar-refractivity contribution in [3.63, 3.8) is 0 Å². The van der Waals surface area contributed by atoms with Crippen LogP contribution in [0.3, 0.4) is 0 Å². The highest BCUT2D eigenvalue weighted by Gasteiger charge is 2.21. The van der Waals surface area contributed by atoms with Crippen LogP contribution in [0.25, 0.3) is 22.1 Å². The minimum absolute atomic E-state index is 0.155. The lowest BCUT2D eigenvalue weighted by Gasteiger charge is -2.13. The first-order chi connectivity index (χ1) is 15.7. The van der Waals surface area contributed by atoms with Gasteiger partial charge in [-0.15, -0.1) is 0 Å². The highest BCUT2D eigenvalue weighted by molar-refractivity contribution is 5.99. The molecular weight excluding hydrogens is 438 g/mol. The Morgan fingerprint density at radius 2 is 1.36 bits per heavy atom. The molecule has 1 amide bonds. The molecule has 0 aliphatic heterocycles. The number of imidazole rings is 2. The van der Waals surface area contributed by atoms with Gasteiger partial charge >= 0.3 is 23.3 Å². The molecule has 0 fully saturated rings. The fourth-order valence-electron chi connectivity index (χ4n) is 2.90. The molecule has 13 heteroatoms. The molecule has 1 unspecified atom stereocenters. The molecule has 0 radical (unpaired) electrons. The maximum Gasteiger partial charge on any atom is 0.335 e. The molecule has 0 spiro atoms. The molecule has 7 N–H and O–H groups in total. The number of ether oxygens (including phenoxy) is 1. The number of aromatic carboxylic acids is 1. The van der Waals surface area contributed by atoms with Crippen molar-refractivity contribution in [2.45, 2.75) is 6.04 Å². The summed E-state index contributed by atoms with van der Waals surface area (Å²) >= 11 is 0. The Hall–Kier alpha value is -4.65. The predicted molar refractivity (Wildman–Crippen MR) is 115 cm³/mol. The number of aromatic amines is 4. The van der Waals surface area contributed by atoms with E-state index < -0.39 is 30.5 Å². The average Bonchev–Trinajstić information content (AvgIpc) is 3.36. The van der Waals surface area contributed by atoms with E-state index in [4.69, 9.17) is 10.2 Å². The minimum Gasteiger partial charge on any atom is -0.478 e. The number of fused-ring (bicyclic) bond motifs is 2. The second kappa shape index (κ2) is 9.65. The van der Waals surface area contributed by atoms with Crippen molar-refractivity contribution < 1.29 is 29.3 Å². The Bertz CT molecular complexity index is 1440. The van der Waals surface area contributed by atoms with E-state index >= 15 is 0 Å². The van der Waals surface area contributed by atoms with Crippen LogP contribution in [0.15, 0.2) is 46.0 Å². The van der Waals surface area contributed by atoms with E-state index in [9.17, 15) is 24.0 Å². The first-order valence-electron chi connectivity index (χ1n) is 9.38. The Kier molecular flexibility index (Phi) is 6.74. The van der Waals surface area contributed by atoms with Gasteiger partial charge in [0.15, 0.2) is 6.04 Å². The van der Waals surface area contributed by atoms with Crippen LogP contribution in [0.5, 0.6) is 0 Å². The molecule has 13 nitrogen and oxygen atoms in total. The van der Waals surface area contributed by atoms with Crippen molar-refractivity contribution in [3.05, 3.63) is 68.5 Å². The third-order valence-corrected chi connectivity index (χ3v) is 4.51. The lowest BCUT2D eigenvalue weighted by Crippen LogP contribution is -2.44. The van der Waals surface area contributed by atoms with Crippen LogP contribution in [-0.2, 0) is 9.53 Å². The molecule has 1 atom stereocenters. The topological polar surface area (TPSA) is 210 Å². The van der Waals surface area contributed by atoms with Gasteiger partial charge in [0.2, 0.25) is 0 Å². The maximum atomic E-state index is 12.0. The lowest BCUT2D eigenvalue weighted by atomic mass is 10.1. The second-order valence-electron chi connectivity index (χ2n) is 6.72. The molecule has 2 aromatic heterocycles. The minimum atomic E-state index is -1.13. The summed E-state index contributed by atoms with van der Waals surface area (Å²) in [6.07, 6.45) is 0. The average molecular weight is 457 g/mol. The van der Waals surface area contributed by atoms with Gasteiger partial charge in [-0.1, -0.05) is 0 Å². The number of esters is 1. The normalized spacial score (nSPS) is 11.5. The number of methoxy groups -OCH3 is 1. The van der Waals surface area contributed by atoms with Gasteiger partial charge in [-0.2, -0.15) is 0 Å². The monoisotopic (exact) mass is 457 g/mol. The van der Waals surface area contributed by atoms with E-state index in [0.717, 1.165) is 7.11 Å². The summed E-state index contributed by atoms with van der Waals surface area (Å²) in [5.41, 5.74) is 1.84. The zero-order valence-corrected chi connectivity index (χ0v) is 17.1. The molecule has 2 aromatic carbocycles. The van der Waals surface area contributed by atoms with Crippen LogP contribution in [-0.4, -0.2) is 67.8 Å². The fraction of sp³-hybridized carbons (Fsp3) is 0.150. The Balaban J connectivity index is 0.000000203. The Morgan fingerprint density at radius 1 is 0.879 bits per heavy atom. The van der Waals surface area contributed by atoms with Gasteiger partial charge in [0.1, 0.15) is 0 Å². The first-order valence-corrected chi connectivity index (χ1v) is 9.38. The van der Waals surface area contributed by atoms with Crippen LogP contribution in [0.1, 0.15) is 20.7 Å². The second-order valence-corrected chi connectivity index (χ2v) is 6.72. The molecule has 4 aromatic rings. The molecule has 0 saturated heterocycles. The zero-order valence-electron chi connectivity index (χ0n) is 17.1.